The van der Waals surface area contributed by atoms with Crippen molar-refractivity contribution in [2.24, 2.45) is 0 Å². The van der Waals surface area contributed by atoms with Gasteiger partial charge in [0.1, 0.15) is 6.10 Å². The van der Waals surface area contributed by atoms with Crippen molar-refractivity contribution in [2.45, 2.75) is 77.5 Å². The molecule has 2 rings (SSSR count). The van der Waals surface area contributed by atoms with Crippen LogP contribution in [0.2, 0.25) is 0 Å². The fraction of sp³-hybridized carbons (Fsp3) is 0.778. The van der Waals surface area contributed by atoms with Crippen LogP contribution in [0.3, 0.4) is 0 Å². The number of hydrogen-bond donors (Lipinski definition) is 3. The molecule has 0 spiro atoms. The monoisotopic (exact) mass is 388 g/mol. The van der Waals surface area contributed by atoms with E-state index in [1.165, 1.54) is 6.20 Å². The average Bonchev–Trinajstić information content (AvgIpc) is 2.69. The predicted molar refractivity (Wildman–Crippen MR) is 97.2 cm³/mol. The molecule has 2 aliphatic rings. The second kappa shape index (κ2) is 10.1. The standard InChI is InChI=1S/C12H22O5.C6H10N2O2/c1-11(2,13)15-8-5-6-14-10-9(7-8)16-12(3,4)17-10;1-5(3-7-2)6(10)8-4-9/h8-10,13H,5-7H2,1-4H3;3-4,7H,1-2H3,(H,8,9,10)/b;5-3-. The molecule has 2 saturated heterocycles. The predicted octanol–water partition coefficient (Wildman–Crippen LogP) is 0.770. The van der Waals surface area contributed by atoms with Crippen molar-refractivity contribution < 1.29 is 33.6 Å². The SMILES string of the molecule is CC(C)(O)OC1CCOC2OC(C)(C)OC2C1.CN/C=C(/C)C(=O)NC=O. The van der Waals surface area contributed by atoms with Crippen LogP contribution in [0, 0.1) is 0 Å². The number of carbonyl (C=O) groups excluding carboxylic acids is 2. The molecule has 0 bridgehead atoms. The Kier molecular flexibility index (Phi) is 8.83. The highest BCUT2D eigenvalue weighted by Gasteiger charge is 2.45. The molecule has 156 valence electrons. The van der Waals surface area contributed by atoms with E-state index in [0.717, 1.165) is 6.42 Å². The third-order valence-corrected chi connectivity index (χ3v) is 3.72. The number of hydrogen-bond acceptors (Lipinski definition) is 8. The fourth-order valence-electron chi connectivity index (χ4n) is 2.76. The van der Waals surface area contributed by atoms with Gasteiger partial charge < -0.3 is 29.4 Å². The van der Waals surface area contributed by atoms with E-state index in [1.807, 2.05) is 19.2 Å². The molecular weight excluding hydrogens is 356 g/mol. The van der Waals surface area contributed by atoms with Gasteiger partial charge in [-0.15, -0.1) is 0 Å². The van der Waals surface area contributed by atoms with Crippen molar-refractivity contribution in [1.82, 2.24) is 10.6 Å². The van der Waals surface area contributed by atoms with E-state index in [4.69, 9.17) is 18.9 Å². The van der Waals surface area contributed by atoms with Gasteiger partial charge in [0.05, 0.1) is 12.7 Å². The number of ether oxygens (including phenoxy) is 4. The lowest BCUT2D eigenvalue weighted by Gasteiger charge is -2.26. The lowest BCUT2D eigenvalue weighted by Crippen LogP contribution is -2.33. The number of imide groups is 1. The Hall–Kier alpha value is -1.52. The molecule has 2 fully saturated rings. The zero-order valence-corrected chi connectivity index (χ0v) is 16.9. The summed E-state index contributed by atoms with van der Waals surface area (Å²) in [5.74, 6) is -2.12. The van der Waals surface area contributed by atoms with Crippen LogP contribution in [0.25, 0.3) is 0 Å². The van der Waals surface area contributed by atoms with E-state index < -0.39 is 11.6 Å². The Bertz CT molecular complexity index is 528. The van der Waals surface area contributed by atoms with Gasteiger partial charge in [0.2, 0.25) is 6.41 Å². The molecule has 9 nitrogen and oxygen atoms in total. The Labute approximate surface area is 160 Å². The number of amides is 2. The smallest absolute Gasteiger partial charge is 0.254 e. The van der Waals surface area contributed by atoms with Crippen LogP contribution in [0.4, 0.5) is 0 Å². The van der Waals surface area contributed by atoms with Crippen molar-refractivity contribution in [3.05, 3.63) is 11.8 Å². The van der Waals surface area contributed by atoms with E-state index >= 15 is 0 Å². The summed E-state index contributed by atoms with van der Waals surface area (Å²) in [5.41, 5.74) is 0.467. The lowest BCUT2D eigenvalue weighted by molar-refractivity contribution is -0.218. The Balaban J connectivity index is 0.000000314. The maximum absolute atomic E-state index is 10.7. The fourth-order valence-corrected chi connectivity index (χ4v) is 2.76. The first-order valence-electron chi connectivity index (χ1n) is 8.93. The summed E-state index contributed by atoms with van der Waals surface area (Å²) in [6.07, 6.45) is 2.78. The van der Waals surface area contributed by atoms with Crippen molar-refractivity contribution in [1.29, 1.82) is 0 Å². The summed E-state index contributed by atoms with van der Waals surface area (Å²) in [4.78, 5) is 20.4. The van der Waals surface area contributed by atoms with Gasteiger partial charge in [-0.3, -0.25) is 14.9 Å². The number of carbonyl (C=O) groups is 2. The first-order chi connectivity index (χ1) is 12.5. The van der Waals surface area contributed by atoms with Crippen LogP contribution in [0.5, 0.6) is 0 Å². The van der Waals surface area contributed by atoms with Gasteiger partial charge in [-0.2, -0.15) is 0 Å². The zero-order valence-electron chi connectivity index (χ0n) is 16.9. The molecule has 9 heteroatoms. The van der Waals surface area contributed by atoms with Crippen LogP contribution < -0.4 is 10.6 Å². The number of rotatable bonds is 5. The maximum Gasteiger partial charge on any atom is 0.254 e. The number of aliphatic hydroxyl groups is 1. The topological polar surface area (TPSA) is 115 Å². The van der Waals surface area contributed by atoms with Crippen molar-refractivity contribution in [3.8, 4) is 0 Å². The highest BCUT2D eigenvalue weighted by atomic mass is 16.8. The summed E-state index contributed by atoms with van der Waals surface area (Å²) in [5, 5.41) is 14.3. The largest absolute Gasteiger partial charge is 0.394 e. The maximum atomic E-state index is 10.7. The van der Waals surface area contributed by atoms with Crippen LogP contribution in [-0.4, -0.2) is 61.2 Å². The van der Waals surface area contributed by atoms with Gasteiger partial charge in [0, 0.05) is 25.2 Å². The van der Waals surface area contributed by atoms with E-state index in [9.17, 15) is 14.7 Å². The first-order valence-corrected chi connectivity index (χ1v) is 8.93. The Morgan fingerprint density at radius 1 is 1.33 bits per heavy atom. The third-order valence-electron chi connectivity index (χ3n) is 3.72. The van der Waals surface area contributed by atoms with Crippen LogP contribution >= 0.6 is 0 Å². The first kappa shape index (κ1) is 23.5. The molecule has 3 unspecified atom stereocenters. The Morgan fingerprint density at radius 3 is 2.56 bits per heavy atom. The average molecular weight is 388 g/mol. The molecular formula is C18H32N2O7. The molecule has 3 atom stereocenters. The summed E-state index contributed by atoms with van der Waals surface area (Å²) in [7, 11) is 1.68. The number of fused-ring (bicyclic) bond motifs is 1. The molecule has 0 aromatic heterocycles. The van der Waals surface area contributed by atoms with E-state index in [2.05, 4.69) is 5.32 Å². The molecule has 3 N–H and O–H groups in total. The highest BCUT2D eigenvalue weighted by molar-refractivity contribution is 5.98. The third kappa shape index (κ3) is 8.81. The summed E-state index contributed by atoms with van der Waals surface area (Å²) < 4.78 is 22.6. The van der Waals surface area contributed by atoms with Crippen LogP contribution in [0.1, 0.15) is 47.5 Å². The zero-order chi connectivity index (χ0) is 20.7. The number of nitrogens with one attached hydrogen (secondary N) is 2. The van der Waals surface area contributed by atoms with Gasteiger partial charge in [0.25, 0.3) is 5.91 Å². The lowest BCUT2D eigenvalue weighted by atomic mass is 10.1. The molecule has 0 radical (unpaired) electrons. The van der Waals surface area contributed by atoms with E-state index in [1.54, 1.807) is 27.8 Å². The summed E-state index contributed by atoms with van der Waals surface area (Å²) in [6.45, 7) is 9.17. The van der Waals surface area contributed by atoms with Gasteiger partial charge in [-0.05, 0) is 41.0 Å². The molecule has 2 amide bonds. The molecule has 2 aliphatic heterocycles. The van der Waals surface area contributed by atoms with Crippen LogP contribution in [0.15, 0.2) is 11.8 Å². The van der Waals surface area contributed by atoms with Gasteiger partial charge >= 0.3 is 0 Å². The molecule has 27 heavy (non-hydrogen) atoms. The quantitative estimate of drug-likeness (QED) is 0.359. The summed E-state index contributed by atoms with van der Waals surface area (Å²) >= 11 is 0. The van der Waals surface area contributed by atoms with Gasteiger partial charge in [-0.25, -0.2) is 0 Å². The molecule has 2 heterocycles. The van der Waals surface area contributed by atoms with Crippen molar-refractivity contribution in [2.75, 3.05) is 13.7 Å². The van der Waals surface area contributed by atoms with Crippen molar-refractivity contribution >= 4 is 12.3 Å². The van der Waals surface area contributed by atoms with Crippen LogP contribution in [-0.2, 0) is 28.5 Å². The highest BCUT2D eigenvalue weighted by Crippen LogP contribution is 2.34. The van der Waals surface area contributed by atoms with E-state index in [0.29, 0.717) is 25.0 Å². The normalized spacial score (nSPS) is 27.5. The minimum atomic E-state index is -1.13. The molecule has 0 aromatic rings. The van der Waals surface area contributed by atoms with Crippen molar-refractivity contribution in [3.63, 3.8) is 0 Å². The molecule has 0 aromatic carbocycles. The molecule has 0 aliphatic carbocycles. The molecule has 0 saturated carbocycles. The minimum Gasteiger partial charge on any atom is -0.394 e. The van der Waals surface area contributed by atoms with E-state index in [-0.39, 0.29) is 24.4 Å². The second-order valence-electron chi connectivity index (χ2n) is 7.33. The summed E-state index contributed by atoms with van der Waals surface area (Å²) in [6, 6.07) is 0. The second-order valence-corrected chi connectivity index (χ2v) is 7.33. The van der Waals surface area contributed by atoms with Gasteiger partial charge in [-0.1, -0.05) is 0 Å². The van der Waals surface area contributed by atoms with Gasteiger partial charge in [0.15, 0.2) is 17.9 Å². The Morgan fingerprint density at radius 2 is 2.00 bits per heavy atom. The minimum absolute atomic E-state index is 0.0671.